The lowest BCUT2D eigenvalue weighted by Crippen LogP contribution is -2.31. The first-order valence-electron chi connectivity index (χ1n) is 5.22. The van der Waals surface area contributed by atoms with E-state index in [1.54, 1.807) is 0 Å². The second kappa shape index (κ2) is 2.85. The largest absolute Gasteiger partial charge is 0.313 e. The fourth-order valence-corrected chi connectivity index (χ4v) is 2.92. The molecule has 2 bridgehead atoms. The lowest BCUT2D eigenvalue weighted by molar-refractivity contribution is 0.448. The smallest absolute Gasteiger partial charge is 0.0139 e. The number of hydrogen-bond donors (Lipinski definition) is 1. The molecule has 13 heavy (non-hydrogen) atoms. The Hall–Kier alpha value is -0.820. The number of piperidine rings is 1. The van der Waals surface area contributed by atoms with Gasteiger partial charge in [-0.25, -0.2) is 0 Å². The van der Waals surface area contributed by atoms with Crippen molar-refractivity contribution in [2.75, 3.05) is 6.54 Å². The molecule has 1 N–H and O–H groups in total. The Morgan fingerprint density at radius 3 is 2.54 bits per heavy atom. The lowest BCUT2D eigenvalue weighted by atomic mass is 9.92. The van der Waals surface area contributed by atoms with Gasteiger partial charge in [-0.1, -0.05) is 30.3 Å². The van der Waals surface area contributed by atoms with Gasteiger partial charge in [-0.05, 0) is 36.8 Å². The molecular formula is C12H15N. The van der Waals surface area contributed by atoms with Gasteiger partial charge in [-0.3, -0.25) is 0 Å². The average Bonchev–Trinajstić information content (AvgIpc) is 2.80. The van der Waals surface area contributed by atoms with Crippen LogP contribution in [-0.2, 0) is 0 Å². The van der Waals surface area contributed by atoms with Gasteiger partial charge in [-0.2, -0.15) is 0 Å². The summed E-state index contributed by atoms with van der Waals surface area (Å²) in [7, 11) is 0. The highest BCUT2D eigenvalue weighted by Gasteiger charge is 2.39. The van der Waals surface area contributed by atoms with E-state index in [9.17, 15) is 0 Å². The van der Waals surface area contributed by atoms with E-state index >= 15 is 0 Å². The Labute approximate surface area is 79.2 Å². The molecule has 2 aliphatic rings. The highest BCUT2D eigenvalue weighted by atomic mass is 15.0. The topological polar surface area (TPSA) is 12.0 Å². The second-order valence-electron chi connectivity index (χ2n) is 4.37. The molecule has 0 amide bonds. The summed E-state index contributed by atoms with van der Waals surface area (Å²) in [6.45, 7) is 1.26. The molecule has 1 aliphatic carbocycles. The van der Waals surface area contributed by atoms with Crippen molar-refractivity contribution >= 4 is 0 Å². The fraction of sp³-hybridized carbons (Fsp3) is 0.500. The van der Waals surface area contributed by atoms with Gasteiger partial charge in [-0.15, -0.1) is 0 Å². The minimum Gasteiger partial charge on any atom is -0.313 e. The maximum absolute atomic E-state index is 3.60. The van der Waals surface area contributed by atoms with E-state index in [0.717, 1.165) is 17.9 Å². The first kappa shape index (κ1) is 7.57. The molecule has 1 aliphatic heterocycles. The molecule has 1 aromatic rings. The molecule has 1 aromatic carbocycles. The van der Waals surface area contributed by atoms with E-state index in [1.165, 1.54) is 24.9 Å². The molecule has 1 heteroatoms. The molecule has 1 heterocycles. The summed E-state index contributed by atoms with van der Waals surface area (Å²) < 4.78 is 0. The molecule has 68 valence electrons. The molecule has 0 aromatic heterocycles. The number of nitrogens with one attached hydrogen (secondary N) is 1. The van der Waals surface area contributed by atoms with Crippen molar-refractivity contribution in [3.63, 3.8) is 0 Å². The molecule has 1 saturated heterocycles. The maximum Gasteiger partial charge on any atom is 0.0139 e. The van der Waals surface area contributed by atoms with Gasteiger partial charge >= 0.3 is 0 Å². The number of rotatable bonds is 1. The molecule has 2 fully saturated rings. The third-order valence-corrected chi connectivity index (χ3v) is 3.56. The quantitative estimate of drug-likeness (QED) is 0.686. The standard InChI is InChI=1S/C12H15N/c1-2-4-10(5-3-1)11-6-9-7-12(11)13-8-9/h1-5,9,11-13H,6-8H2. The van der Waals surface area contributed by atoms with E-state index in [0.29, 0.717) is 0 Å². The summed E-state index contributed by atoms with van der Waals surface area (Å²) in [6, 6.07) is 11.7. The zero-order chi connectivity index (χ0) is 8.67. The Kier molecular flexibility index (Phi) is 1.66. The maximum atomic E-state index is 3.60. The zero-order valence-corrected chi connectivity index (χ0v) is 7.74. The first-order valence-corrected chi connectivity index (χ1v) is 5.22. The summed E-state index contributed by atoms with van der Waals surface area (Å²) in [5.74, 6) is 1.75. The van der Waals surface area contributed by atoms with Gasteiger partial charge in [0.1, 0.15) is 0 Å². The molecule has 1 nitrogen and oxygen atoms in total. The lowest BCUT2D eigenvalue weighted by Gasteiger charge is -2.22. The SMILES string of the molecule is c1ccc(C2CC3CNC2C3)cc1. The molecular weight excluding hydrogens is 158 g/mol. The van der Waals surface area contributed by atoms with Crippen molar-refractivity contribution in [2.45, 2.75) is 24.8 Å². The minimum atomic E-state index is 0.771. The van der Waals surface area contributed by atoms with Gasteiger partial charge < -0.3 is 5.32 Å². The highest BCUT2D eigenvalue weighted by molar-refractivity contribution is 5.24. The molecule has 3 unspecified atom stereocenters. The van der Waals surface area contributed by atoms with Crippen LogP contribution in [0.5, 0.6) is 0 Å². The van der Waals surface area contributed by atoms with E-state index in [-0.39, 0.29) is 0 Å². The predicted octanol–water partition coefficient (Wildman–Crippen LogP) is 2.15. The Morgan fingerprint density at radius 1 is 1.08 bits per heavy atom. The normalized spacial score (nSPS) is 36.8. The van der Waals surface area contributed by atoms with Crippen molar-refractivity contribution in [2.24, 2.45) is 5.92 Å². The Morgan fingerprint density at radius 2 is 1.92 bits per heavy atom. The Bertz CT molecular complexity index is 293. The van der Waals surface area contributed by atoms with Gasteiger partial charge in [0.2, 0.25) is 0 Å². The molecule has 3 rings (SSSR count). The summed E-state index contributed by atoms with van der Waals surface area (Å²) in [4.78, 5) is 0. The highest BCUT2D eigenvalue weighted by Crippen LogP contribution is 2.41. The predicted molar refractivity (Wildman–Crippen MR) is 53.7 cm³/mol. The van der Waals surface area contributed by atoms with Crippen LogP contribution in [0.1, 0.15) is 24.3 Å². The van der Waals surface area contributed by atoms with E-state index in [4.69, 9.17) is 0 Å². The van der Waals surface area contributed by atoms with Crippen LogP contribution in [0.4, 0.5) is 0 Å². The summed E-state index contributed by atoms with van der Waals surface area (Å²) in [6.07, 6.45) is 2.81. The van der Waals surface area contributed by atoms with Crippen molar-refractivity contribution in [3.05, 3.63) is 35.9 Å². The van der Waals surface area contributed by atoms with Crippen molar-refractivity contribution < 1.29 is 0 Å². The third kappa shape index (κ3) is 1.19. The fourth-order valence-electron chi connectivity index (χ4n) is 2.92. The first-order chi connectivity index (χ1) is 6.43. The number of benzene rings is 1. The van der Waals surface area contributed by atoms with Crippen LogP contribution in [0.15, 0.2) is 30.3 Å². The van der Waals surface area contributed by atoms with Crippen LogP contribution in [-0.4, -0.2) is 12.6 Å². The second-order valence-corrected chi connectivity index (χ2v) is 4.37. The average molecular weight is 173 g/mol. The number of hydrogen-bond acceptors (Lipinski definition) is 1. The summed E-state index contributed by atoms with van der Waals surface area (Å²) >= 11 is 0. The van der Waals surface area contributed by atoms with Crippen molar-refractivity contribution in [1.29, 1.82) is 0 Å². The van der Waals surface area contributed by atoms with Crippen molar-refractivity contribution in [1.82, 2.24) is 5.32 Å². The van der Waals surface area contributed by atoms with Crippen LogP contribution >= 0.6 is 0 Å². The van der Waals surface area contributed by atoms with Crippen molar-refractivity contribution in [3.8, 4) is 0 Å². The summed E-state index contributed by atoms with van der Waals surface area (Å²) in [5, 5.41) is 3.60. The van der Waals surface area contributed by atoms with Gasteiger partial charge in [0.25, 0.3) is 0 Å². The third-order valence-electron chi connectivity index (χ3n) is 3.56. The van der Waals surface area contributed by atoms with E-state index < -0.39 is 0 Å². The van der Waals surface area contributed by atoms with Gasteiger partial charge in [0.05, 0.1) is 0 Å². The molecule has 1 saturated carbocycles. The van der Waals surface area contributed by atoms with Crippen LogP contribution in [0.3, 0.4) is 0 Å². The van der Waals surface area contributed by atoms with E-state index in [1.807, 2.05) is 0 Å². The van der Waals surface area contributed by atoms with Gasteiger partial charge in [0.15, 0.2) is 0 Å². The molecule has 0 spiro atoms. The molecule has 0 radical (unpaired) electrons. The Balaban J connectivity index is 1.87. The summed E-state index contributed by atoms with van der Waals surface area (Å²) in [5.41, 5.74) is 1.53. The monoisotopic (exact) mass is 173 g/mol. The van der Waals surface area contributed by atoms with Crippen LogP contribution in [0.25, 0.3) is 0 Å². The minimum absolute atomic E-state index is 0.771. The number of fused-ring (bicyclic) bond motifs is 2. The van der Waals surface area contributed by atoms with Crippen LogP contribution in [0.2, 0.25) is 0 Å². The van der Waals surface area contributed by atoms with Crippen LogP contribution in [0, 0.1) is 5.92 Å². The van der Waals surface area contributed by atoms with Gasteiger partial charge in [0, 0.05) is 6.04 Å². The molecule has 3 atom stereocenters. The van der Waals surface area contributed by atoms with Crippen LogP contribution < -0.4 is 5.32 Å². The zero-order valence-electron chi connectivity index (χ0n) is 7.74. The van der Waals surface area contributed by atoms with E-state index in [2.05, 4.69) is 35.6 Å².